The lowest BCUT2D eigenvalue weighted by atomic mass is 9.98. The normalized spacial score (nSPS) is 20.5. The average Bonchev–Trinajstić information content (AvgIpc) is 3.14. The monoisotopic (exact) mass is 543 g/mol. The standard InChI is InChI=1S/C26H30N3O8P/c1-14(2)36-25(33)18(12-17-8-4-6-16-7-5-9-19(30)22(16)17)28-38-35-13-20-23(32)15(3)24(37-20)29-11-10-21(31)27-26(29)34/h4-11,14-15,18,20,24,28,30,38H,12-13H2,1-3H3,(H,27,31,34)/t15-,18-,20+,24?/m0/s1. The Morgan fingerprint density at radius 1 is 1.18 bits per heavy atom. The molecular formula is C26H30N3O8P. The number of rotatable bonds is 10. The zero-order valence-electron chi connectivity index (χ0n) is 21.2. The molecule has 1 aliphatic rings. The third-order valence-corrected chi connectivity index (χ3v) is 6.97. The molecule has 4 rings (SSSR count). The summed E-state index contributed by atoms with van der Waals surface area (Å²) >= 11 is 0. The Kier molecular flexibility index (Phi) is 8.73. The third-order valence-electron chi connectivity index (χ3n) is 6.19. The van der Waals surface area contributed by atoms with Gasteiger partial charge in [0, 0.05) is 17.6 Å². The van der Waals surface area contributed by atoms with Gasteiger partial charge in [0.25, 0.3) is 5.56 Å². The van der Waals surface area contributed by atoms with E-state index in [-0.39, 0.29) is 39.6 Å². The van der Waals surface area contributed by atoms with Gasteiger partial charge in [0.1, 0.15) is 24.1 Å². The summed E-state index contributed by atoms with van der Waals surface area (Å²) in [5.41, 5.74) is -0.446. The molecule has 0 saturated carbocycles. The fourth-order valence-electron chi connectivity index (χ4n) is 4.37. The minimum atomic E-state index is -0.917. The molecule has 12 heteroatoms. The first-order valence-corrected chi connectivity index (χ1v) is 13.1. The Labute approximate surface area is 220 Å². The number of H-pyrrole nitrogens is 1. The van der Waals surface area contributed by atoms with E-state index in [2.05, 4.69) is 10.1 Å². The van der Waals surface area contributed by atoms with Crippen LogP contribution in [0.5, 0.6) is 5.75 Å². The van der Waals surface area contributed by atoms with Crippen molar-refractivity contribution in [3.05, 3.63) is 75.1 Å². The van der Waals surface area contributed by atoms with Crippen molar-refractivity contribution >= 4 is 31.5 Å². The number of nitrogens with one attached hydrogen (secondary N) is 2. The van der Waals surface area contributed by atoms with E-state index < -0.39 is 41.5 Å². The van der Waals surface area contributed by atoms with Gasteiger partial charge < -0.3 is 19.1 Å². The van der Waals surface area contributed by atoms with Crippen LogP contribution in [0.1, 0.15) is 32.6 Å². The topological polar surface area (TPSA) is 149 Å². The Balaban J connectivity index is 1.41. The fourth-order valence-corrected chi connectivity index (χ4v) is 5.05. The molecule has 202 valence electrons. The molecule has 1 fully saturated rings. The second kappa shape index (κ2) is 12.0. The van der Waals surface area contributed by atoms with Gasteiger partial charge in [0.15, 0.2) is 5.78 Å². The van der Waals surface area contributed by atoms with E-state index in [9.17, 15) is 24.3 Å². The number of benzene rings is 2. The zero-order chi connectivity index (χ0) is 27.4. The SMILES string of the molecule is CC(C)OC(=O)[C@H](Cc1cccc2cccc(O)c12)NPOC[C@H]1OC(n2ccc(=O)[nH]c2=O)[C@@H](C)C1=O. The van der Waals surface area contributed by atoms with Crippen LogP contribution < -0.4 is 16.3 Å². The van der Waals surface area contributed by atoms with Crippen LogP contribution in [-0.2, 0) is 30.0 Å². The first-order valence-electron chi connectivity index (χ1n) is 12.2. The zero-order valence-corrected chi connectivity index (χ0v) is 22.2. The van der Waals surface area contributed by atoms with Crippen LogP contribution in [0.3, 0.4) is 0 Å². The number of carbonyl (C=O) groups is 2. The highest BCUT2D eigenvalue weighted by Crippen LogP contribution is 2.32. The summed E-state index contributed by atoms with van der Waals surface area (Å²) in [6.07, 6.45) is -0.581. The number of hydrogen-bond acceptors (Lipinski definition) is 9. The van der Waals surface area contributed by atoms with Crippen LogP contribution in [0.15, 0.2) is 58.3 Å². The van der Waals surface area contributed by atoms with Gasteiger partial charge in [-0.15, -0.1) is 0 Å². The van der Waals surface area contributed by atoms with Gasteiger partial charge in [-0.05, 0) is 37.3 Å². The van der Waals surface area contributed by atoms with Gasteiger partial charge in [-0.3, -0.25) is 29.0 Å². The van der Waals surface area contributed by atoms with E-state index >= 15 is 0 Å². The predicted molar refractivity (Wildman–Crippen MR) is 141 cm³/mol. The molecule has 0 bridgehead atoms. The molecule has 2 heterocycles. The number of nitrogens with zero attached hydrogens (tertiary/aromatic N) is 1. The number of hydrogen-bond donors (Lipinski definition) is 3. The van der Waals surface area contributed by atoms with Gasteiger partial charge >= 0.3 is 11.7 Å². The summed E-state index contributed by atoms with van der Waals surface area (Å²) in [4.78, 5) is 51.2. The minimum Gasteiger partial charge on any atom is -0.507 e. The van der Waals surface area contributed by atoms with Crippen LogP contribution >= 0.6 is 8.96 Å². The highest BCUT2D eigenvalue weighted by atomic mass is 31.1. The first kappa shape index (κ1) is 27.7. The van der Waals surface area contributed by atoms with E-state index in [1.165, 1.54) is 16.8 Å². The molecule has 1 aromatic heterocycles. The van der Waals surface area contributed by atoms with Crippen molar-refractivity contribution in [1.82, 2.24) is 14.6 Å². The van der Waals surface area contributed by atoms with Crippen molar-refractivity contribution in [1.29, 1.82) is 0 Å². The molecule has 3 aromatic rings. The molecule has 0 radical (unpaired) electrons. The number of aromatic nitrogens is 2. The lowest BCUT2D eigenvalue weighted by Crippen LogP contribution is -2.37. The number of fused-ring (bicyclic) bond motifs is 1. The third kappa shape index (κ3) is 6.19. The number of phenols is 1. The van der Waals surface area contributed by atoms with Crippen molar-refractivity contribution in [3.8, 4) is 5.75 Å². The highest BCUT2D eigenvalue weighted by Gasteiger charge is 2.42. The van der Waals surface area contributed by atoms with Crippen molar-refractivity contribution in [2.24, 2.45) is 5.92 Å². The molecule has 5 atom stereocenters. The largest absolute Gasteiger partial charge is 0.507 e. The number of aromatic amines is 1. The number of ketones is 1. The molecule has 1 saturated heterocycles. The molecule has 2 unspecified atom stereocenters. The van der Waals surface area contributed by atoms with Crippen LogP contribution in [0, 0.1) is 5.92 Å². The van der Waals surface area contributed by atoms with Crippen molar-refractivity contribution < 1.29 is 28.7 Å². The Hall–Kier alpha value is -3.37. The molecule has 0 spiro atoms. The Morgan fingerprint density at radius 3 is 2.63 bits per heavy atom. The summed E-state index contributed by atoms with van der Waals surface area (Å²) in [7, 11) is -0.371. The summed E-state index contributed by atoms with van der Waals surface area (Å²) in [5.74, 6) is -1.21. The van der Waals surface area contributed by atoms with E-state index in [1.807, 2.05) is 24.3 Å². The average molecular weight is 544 g/mol. The second-order valence-corrected chi connectivity index (χ2v) is 10.1. The van der Waals surface area contributed by atoms with E-state index in [4.69, 9.17) is 14.0 Å². The second-order valence-electron chi connectivity index (χ2n) is 9.32. The van der Waals surface area contributed by atoms with E-state index in [0.29, 0.717) is 5.39 Å². The summed E-state index contributed by atoms with van der Waals surface area (Å²) < 4.78 is 18.0. The van der Waals surface area contributed by atoms with Crippen LogP contribution in [-0.4, -0.2) is 51.3 Å². The molecule has 1 aliphatic heterocycles. The van der Waals surface area contributed by atoms with Gasteiger partial charge in [-0.1, -0.05) is 37.3 Å². The van der Waals surface area contributed by atoms with Crippen molar-refractivity contribution in [3.63, 3.8) is 0 Å². The number of esters is 1. The van der Waals surface area contributed by atoms with Crippen LogP contribution in [0.25, 0.3) is 10.8 Å². The molecular weight excluding hydrogens is 513 g/mol. The fraction of sp³-hybridized carbons (Fsp3) is 0.385. The van der Waals surface area contributed by atoms with Crippen LogP contribution in [0.4, 0.5) is 0 Å². The highest BCUT2D eigenvalue weighted by molar-refractivity contribution is 7.29. The Morgan fingerprint density at radius 2 is 1.92 bits per heavy atom. The number of carbonyl (C=O) groups excluding carboxylic acids is 2. The number of aromatic hydroxyl groups is 1. The molecule has 38 heavy (non-hydrogen) atoms. The Bertz CT molecular complexity index is 1430. The molecule has 2 aromatic carbocycles. The summed E-state index contributed by atoms with van der Waals surface area (Å²) in [6, 6.07) is 11.2. The predicted octanol–water partition coefficient (Wildman–Crippen LogP) is 2.18. The first-order chi connectivity index (χ1) is 18.2. The number of phenolic OH excluding ortho intramolecular Hbond substituents is 1. The van der Waals surface area contributed by atoms with E-state index in [1.54, 1.807) is 32.9 Å². The summed E-state index contributed by atoms with van der Waals surface area (Å²) in [5, 5.41) is 15.0. The molecule has 0 amide bonds. The smallest absolute Gasteiger partial charge is 0.330 e. The lowest BCUT2D eigenvalue weighted by Gasteiger charge is -2.20. The molecule has 0 aliphatic carbocycles. The van der Waals surface area contributed by atoms with Gasteiger partial charge in [-0.25, -0.2) is 4.79 Å². The van der Waals surface area contributed by atoms with E-state index in [0.717, 1.165) is 10.9 Å². The van der Waals surface area contributed by atoms with Gasteiger partial charge in [0.2, 0.25) is 0 Å². The van der Waals surface area contributed by atoms with Gasteiger partial charge in [-0.2, -0.15) is 0 Å². The summed E-state index contributed by atoms with van der Waals surface area (Å²) in [6.45, 7) is 5.06. The minimum absolute atomic E-state index is 0.0930. The lowest BCUT2D eigenvalue weighted by molar-refractivity contribution is -0.149. The quantitative estimate of drug-likeness (QED) is 0.199. The maximum atomic E-state index is 12.8. The maximum Gasteiger partial charge on any atom is 0.330 e. The van der Waals surface area contributed by atoms with Crippen molar-refractivity contribution in [2.75, 3.05) is 6.61 Å². The maximum absolute atomic E-state index is 12.8. The van der Waals surface area contributed by atoms with Crippen LogP contribution in [0.2, 0.25) is 0 Å². The number of ether oxygens (including phenoxy) is 2. The van der Waals surface area contributed by atoms with Crippen molar-refractivity contribution in [2.45, 2.75) is 51.7 Å². The molecule has 11 nitrogen and oxygen atoms in total. The molecule has 3 N–H and O–H groups in total. The van der Waals surface area contributed by atoms with Gasteiger partial charge in [0.05, 0.1) is 27.6 Å². The number of Topliss-reactive ketones (excluding diaryl/α,β-unsaturated/α-hetero) is 1.